The number of rotatable bonds is 6. The minimum Gasteiger partial charge on any atom is -0.303 e. The Labute approximate surface area is 132 Å². The van der Waals surface area contributed by atoms with Gasteiger partial charge in [0, 0.05) is 13.1 Å². The first-order valence-corrected chi connectivity index (χ1v) is 9.33. The number of nitrogens with one attached hydrogen (secondary N) is 1. The van der Waals surface area contributed by atoms with Gasteiger partial charge in [0.05, 0.1) is 4.90 Å². The van der Waals surface area contributed by atoms with Gasteiger partial charge in [0.1, 0.15) is 5.82 Å². The first kappa shape index (κ1) is 17.4. The Hall–Kier alpha value is -0.980. The molecule has 2 rings (SSSR count). The van der Waals surface area contributed by atoms with Crippen molar-refractivity contribution in [1.82, 2.24) is 9.62 Å². The molecule has 0 bridgehead atoms. The fourth-order valence-corrected chi connectivity index (χ4v) is 3.93. The monoisotopic (exact) mass is 328 g/mol. The molecular weight excluding hydrogens is 303 g/mol. The molecule has 0 saturated carbocycles. The second-order valence-electron chi connectivity index (χ2n) is 6.44. The Balaban J connectivity index is 1.82. The van der Waals surface area contributed by atoms with Crippen LogP contribution in [-0.2, 0) is 10.0 Å². The number of sulfonamides is 1. The third-order valence-electron chi connectivity index (χ3n) is 4.02. The molecular formula is C16H25FN2O2S. The summed E-state index contributed by atoms with van der Waals surface area (Å²) in [4.78, 5) is 2.56. The molecule has 6 heteroatoms. The average Bonchev–Trinajstić information content (AvgIpc) is 2.46. The van der Waals surface area contributed by atoms with Gasteiger partial charge in [-0.25, -0.2) is 17.5 Å². The molecule has 0 amide bonds. The van der Waals surface area contributed by atoms with Crippen LogP contribution in [0.4, 0.5) is 4.39 Å². The summed E-state index contributed by atoms with van der Waals surface area (Å²) in [5, 5.41) is 0. The van der Waals surface area contributed by atoms with Crippen LogP contribution in [0.2, 0.25) is 0 Å². The van der Waals surface area contributed by atoms with E-state index in [1.54, 1.807) is 0 Å². The van der Waals surface area contributed by atoms with Crippen LogP contribution in [0, 0.1) is 17.7 Å². The topological polar surface area (TPSA) is 49.4 Å². The quantitative estimate of drug-likeness (QED) is 0.873. The van der Waals surface area contributed by atoms with Crippen molar-refractivity contribution < 1.29 is 12.8 Å². The predicted molar refractivity (Wildman–Crippen MR) is 85.6 cm³/mol. The third kappa shape index (κ3) is 5.04. The maximum absolute atomic E-state index is 12.9. The summed E-state index contributed by atoms with van der Waals surface area (Å²) in [7, 11) is -3.54. The fraction of sp³-hybridized carbons (Fsp3) is 0.625. The highest BCUT2D eigenvalue weighted by Gasteiger charge is 2.22. The number of halogens is 1. The van der Waals surface area contributed by atoms with Crippen molar-refractivity contribution in [2.75, 3.05) is 26.2 Å². The maximum atomic E-state index is 12.9. The molecule has 0 spiro atoms. The van der Waals surface area contributed by atoms with Crippen molar-refractivity contribution in [2.24, 2.45) is 11.8 Å². The van der Waals surface area contributed by atoms with Crippen molar-refractivity contribution in [3.63, 3.8) is 0 Å². The Morgan fingerprint density at radius 1 is 1.23 bits per heavy atom. The maximum Gasteiger partial charge on any atom is 0.240 e. The summed E-state index contributed by atoms with van der Waals surface area (Å²) < 4.78 is 39.8. The Morgan fingerprint density at radius 3 is 2.36 bits per heavy atom. The van der Waals surface area contributed by atoms with Crippen molar-refractivity contribution in [1.29, 1.82) is 0 Å². The van der Waals surface area contributed by atoms with Crippen molar-refractivity contribution in [3.05, 3.63) is 30.1 Å². The lowest BCUT2D eigenvalue weighted by Crippen LogP contribution is -2.40. The van der Waals surface area contributed by atoms with Gasteiger partial charge in [0.2, 0.25) is 10.0 Å². The van der Waals surface area contributed by atoms with E-state index >= 15 is 0 Å². The smallest absolute Gasteiger partial charge is 0.240 e. The molecule has 1 aliphatic heterocycles. The standard InChI is InChI=1S/C16H25FN2O2S/c1-13(2)12-19-9-7-14(8-10-19)11-18-22(20,21)16-5-3-15(17)4-6-16/h3-6,13-14,18H,7-12H2,1-2H3. The van der Waals surface area contributed by atoms with Crippen molar-refractivity contribution in [3.8, 4) is 0 Å². The molecule has 0 aromatic heterocycles. The predicted octanol–water partition coefficient (Wildman–Crippen LogP) is 2.47. The van der Waals surface area contributed by atoms with Crippen LogP contribution >= 0.6 is 0 Å². The number of hydrogen-bond acceptors (Lipinski definition) is 3. The number of nitrogens with zero attached hydrogens (tertiary/aromatic N) is 1. The Morgan fingerprint density at radius 2 is 1.82 bits per heavy atom. The van der Waals surface area contributed by atoms with Gasteiger partial charge in [-0.05, 0) is 62.0 Å². The van der Waals surface area contributed by atoms with Crippen molar-refractivity contribution in [2.45, 2.75) is 31.6 Å². The van der Waals surface area contributed by atoms with Gasteiger partial charge >= 0.3 is 0 Å². The molecule has 1 aliphatic rings. The third-order valence-corrected chi connectivity index (χ3v) is 5.46. The molecule has 1 N–H and O–H groups in total. The van der Waals surface area contributed by atoms with E-state index in [0.717, 1.165) is 32.5 Å². The van der Waals surface area contributed by atoms with E-state index in [2.05, 4.69) is 23.5 Å². The first-order valence-electron chi connectivity index (χ1n) is 7.84. The summed E-state index contributed by atoms with van der Waals surface area (Å²) >= 11 is 0. The molecule has 0 aliphatic carbocycles. The van der Waals surface area contributed by atoms with Gasteiger partial charge in [-0.1, -0.05) is 13.8 Å². The van der Waals surface area contributed by atoms with Crippen LogP contribution in [0.5, 0.6) is 0 Å². The largest absolute Gasteiger partial charge is 0.303 e. The minimum atomic E-state index is -3.54. The molecule has 4 nitrogen and oxygen atoms in total. The van der Waals surface area contributed by atoms with E-state index < -0.39 is 15.8 Å². The summed E-state index contributed by atoms with van der Waals surface area (Å²) in [6, 6.07) is 4.92. The summed E-state index contributed by atoms with van der Waals surface area (Å²) in [5.74, 6) is 0.601. The molecule has 1 aromatic rings. The molecule has 1 heterocycles. The van der Waals surface area contributed by atoms with Crippen molar-refractivity contribution >= 4 is 10.0 Å². The van der Waals surface area contributed by atoms with E-state index in [1.807, 2.05) is 0 Å². The van der Waals surface area contributed by atoms with Crippen LogP contribution in [0.1, 0.15) is 26.7 Å². The van der Waals surface area contributed by atoms with Crippen LogP contribution in [-0.4, -0.2) is 39.5 Å². The summed E-state index contributed by atoms with van der Waals surface area (Å²) in [6.45, 7) is 8.04. The highest BCUT2D eigenvalue weighted by Crippen LogP contribution is 2.18. The summed E-state index contributed by atoms with van der Waals surface area (Å²) in [5.41, 5.74) is 0. The molecule has 124 valence electrons. The van der Waals surface area contributed by atoms with Gasteiger partial charge in [-0.2, -0.15) is 0 Å². The van der Waals surface area contributed by atoms with Crippen LogP contribution in [0.15, 0.2) is 29.2 Å². The lowest BCUT2D eigenvalue weighted by Gasteiger charge is -2.32. The summed E-state index contributed by atoms with van der Waals surface area (Å²) in [6.07, 6.45) is 2.03. The molecule has 0 radical (unpaired) electrons. The van der Waals surface area contributed by atoms with E-state index in [1.165, 1.54) is 24.3 Å². The molecule has 0 unspecified atom stereocenters. The molecule has 0 atom stereocenters. The molecule has 1 saturated heterocycles. The number of piperidine rings is 1. The average molecular weight is 328 g/mol. The van der Waals surface area contributed by atoms with Crippen LogP contribution in [0.3, 0.4) is 0 Å². The highest BCUT2D eigenvalue weighted by atomic mass is 32.2. The lowest BCUT2D eigenvalue weighted by atomic mass is 9.96. The normalized spacial score (nSPS) is 18.0. The Bertz CT molecular complexity index is 564. The SMILES string of the molecule is CC(C)CN1CCC(CNS(=O)(=O)c2ccc(F)cc2)CC1. The second-order valence-corrected chi connectivity index (χ2v) is 8.21. The Kier molecular flexibility index (Phi) is 5.94. The van der Waals surface area contributed by atoms with E-state index in [0.29, 0.717) is 18.4 Å². The zero-order chi connectivity index (χ0) is 16.2. The fourth-order valence-electron chi connectivity index (χ4n) is 2.81. The number of hydrogen-bond donors (Lipinski definition) is 1. The van der Waals surface area contributed by atoms with Gasteiger partial charge < -0.3 is 4.90 Å². The van der Waals surface area contributed by atoms with Gasteiger partial charge in [-0.3, -0.25) is 0 Å². The van der Waals surface area contributed by atoms with Crippen LogP contribution in [0.25, 0.3) is 0 Å². The first-order chi connectivity index (χ1) is 10.4. The second kappa shape index (κ2) is 7.53. The van der Waals surface area contributed by atoms with Crippen LogP contribution < -0.4 is 4.72 Å². The van der Waals surface area contributed by atoms with E-state index in [9.17, 15) is 12.8 Å². The highest BCUT2D eigenvalue weighted by molar-refractivity contribution is 7.89. The van der Waals surface area contributed by atoms with E-state index in [-0.39, 0.29) is 4.90 Å². The lowest BCUT2D eigenvalue weighted by molar-refractivity contribution is 0.169. The molecule has 22 heavy (non-hydrogen) atoms. The minimum absolute atomic E-state index is 0.117. The zero-order valence-electron chi connectivity index (χ0n) is 13.3. The number of benzene rings is 1. The van der Waals surface area contributed by atoms with Gasteiger partial charge in [0.25, 0.3) is 0 Å². The number of likely N-dealkylation sites (tertiary alicyclic amines) is 1. The molecule has 1 aromatic carbocycles. The van der Waals surface area contributed by atoms with Gasteiger partial charge in [0.15, 0.2) is 0 Å². The van der Waals surface area contributed by atoms with Gasteiger partial charge in [-0.15, -0.1) is 0 Å². The molecule has 1 fully saturated rings. The zero-order valence-corrected chi connectivity index (χ0v) is 14.1. The van der Waals surface area contributed by atoms with E-state index in [4.69, 9.17) is 0 Å².